The Bertz CT molecular complexity index is 893. The third-order valence-electron chi connectivity index (χ3n) is 4.99. The standard InChI is InChI=1S/C20H21Cl2N5/c21-16-10-8-15(9-11-16)19-7-3-12-26(19)13-4-14-27-24-20(23-25-27)17-5-1-2-6-18(17)22/h1-2,5-6,8-11,19H,3-4,7,12-14H2. The number of likely N-dealkylation sites (tertiary alicyclic amines) is 1. The lowest BCUT2D eigenvalue weighted by molar-refractivity contribution is 0.245. The Kier molecular flexibility index (Phi) is 5.72. The normalized spacial score (nSPS) is 17.5. The molecule has 5 nitrogen and oxygen atoms in total. The van der Waals surface area contributed by atoms with Gasteiger partial charge in [0.25, 0.3) is 0 Å². The second-order valence-corrected chi connectivity index (χ2v) is 7.63. The molecule has 1 unspecified atom stereocenters. The summed E-state index contributed by atoms with van der Waals surface area (Å²) in [6.07, 6.45) is 3.40. The third-order valence-corrected chi connectivity index (χ3v) is 5.57. The highest BCUT2D eigenvalue weighted by Gasteiger charge is 2.25. The van der Waals surface area contributed by atoms with Crippen molar-refractivity contribution in [2.24, 2.45) is 0 Å². The largest absolute Gasteiger partial charge is 0.296 e. The molecular weight excluding hydrogens is 381 g/mol. The smallest absolute Gasteiger partial charge is 0.206 e. The summed E-state index contributed by atoms with van der Waals surface area (Å²) in [5, 5.41) is 14.2. The fraction of sp³-hybridized carbons (Fsp3) is 0.350. The predicted octanol–water partition coefficient (Wildman–Crippen LogP) is 4.87. The Balaban J connectivity index is 1.34. The molecule has 140 valence electrons. The number of aromatic nitrogens is 4. The lowest BCUT2D eigenvalue weighted by Crippen LogP contribution is -2.25. The Morgan fingerprint density at radius 1 is 1.00 bits per heavy atom. The van der Waals surface area contributed by atoms with Crippen molar-refractivity contribution in [3.8, 4) is 11.4 Å². The van der Waals surface area contributed by atoms with E-state index in [1.807, 2.05) is 36.4 Å². The van der Waals surface area contributed by atoms with Gasteiger partial charge >= 0.3 is 0 Å². The molecule has 1 aromatic heterocycles. The summed E-state index contributed by atoms with van der Waals surface area (Å²) < 4.78 is 0. The van der Waals surface area contributed by atoms with Crippen LogP contribution in [0.3, 0.4) is 0 Å². The van der Waals surface area contributed by atoms with Gasteiger partial charge in [0, 0.05) is 23.2 Å². The van der Waals surface area contributed by atoms with Crippen LogP contribution in [0.2, 0.25) is 10.0 Å². The molecule has 27 heavy (non-hydrogen) atoms. The third kappa shape index (κ3) is 4.32. The van der Waals surface area contributed by atoms with Crippen LogP contribution < -0.4 is 0 Å². The van der Waals surface area contributed by atoms with Gasteiger partial charge in [-0.25, -0.2) is 0 Å². The molecule has 3 aromatic rings. The van der Waals surface area contributed by atoms with Crippen molar-refractivity contribution in [1.29, 1.82) is 0 Å². The van der Waals surface area contributed by atoms with E-state index in [2.05, 4.69) is 32.4 Å². The molecule has 0 saturated carbocycles. The van der Waals surface area contributed by atoms with Crippen molar-refractivity contribution < 1.29 is 0 Å². The molecule has 2 heterocycles. The number of nitrogens with zero attached hydrogens (tertiary/aromatic N) is 5. The number of tetrazole rings is 1. The van der Waals surface area contributed by atoms with Crippen LogP contribution in [0.25, 0.3) is 11.4 Å². The van der Waals surface area contributed by atoms with Crippen molar-refractivity contribution in [2.75, 3.05) is 13.1 Å². The second kappa shape index (κ2) is 8.38. The molecule has 0 bridgehead atoms. The summed E-state index contributed by atoms with van der Waals surface area (Å²) in [4.78, 5) is 4.20. The number of rotatable bonds is 6. The lowest BCUT2D eigenvalue weighted by atomic mass is 10.0. The Hall–Kier alpha value is -1.95. The van der Waals surface area contributed by atoms with Crippen molar-refractivity contribution in [3.63, 3.8) is 0 Å². The maximum atomic E-state index is 6.21. The first-order valence-corrected chi connectivity index (χ1v) is 9.98. The maximum absolute atomic E-state index is 6.21. The number of halogens is 2. The van der Waals surface area contributed by atoms with Gasteiger partial charge < -0.3 is 0 Å². The fourth-order valence-corrected chi connectivity index (χ4v) is 4.01. The van der Waals surface area contributed by atoms with E-state index in [1.54, 1.807) is 4.80 Å². The lowest BCUT2D eigenvalue weighted by Gasteiger charge is -2.24. The quantitative estimate of drug-likeness (QED) is 0.590. The first kappa shape index (κ1) is 18.4. The van der Waals surface area contributed by atoms with E-state index >= 15 is 0 Å². The molecule has 0 spiro atoms. The van der Waals surface area contributed by atoms with Gasteiger partial charge in [-0.15, -0.1) is 10.2 Å². The summed E-state index contributed by atoms with van der Waals surface area (Å²) in [5.74, 6) is 0.570. The molecular formula is C20H21Cl2N5. The van der Waals surface area contributed by atoms with Crippen LogP contribution in [0.4, 0.5) is 0 Å². The topological polar surface area (TPSA) is 46.8 Å². The molecule has 0 amide bonds. The van der Waals surface area contributed by atoms with E-state index in [1.165, 1.54) is 18.4 Å². The van der Waals surface area contributed by atoms with Crippen LogP contribution in [-0.2, 0) is 6.54 Å². The van der Waals surface area contributed by atoms with E-state index in [-0.39, 0.29) is 0 Å². The van der Waals surface area contributed by atoms with Gasteiger partial charge in [-0.2, -0.15) is 4.80 Å². The molecule has 4 rings (SSSR count). The van der Waals surface area contributed by atoms with Gasteiger partial charge in [0.05, 0.1) is 11.6 Å². The van der Waals surface area contributed by atoms with Crippen LogP contribution in [0, 0.1) is 0 Å². The first-order chi connectivity index (χ1) is 13.2. The zero-order chi connectivity index (χ0) is 18.6. The van der Waals surface area contributed by atoms with Gasteiger partial charge in [0.15, 0.2) is 0 Å². The van der Waals surface area contributed by atoms with Gasteiger partial charge in [0.1, 0.15) is 0 Å². The summed E-state index contributed by atoms with van der Waals surface area (Å²) in [6.45, 7) is 2.88. The molecule has 1 aliphatic rings. The highest BCUT2D eigenvalue weighted by molar-refractivity contribution is 6.33. The Morgan fingerprint density at radius 3 is 2.63 bits per heavy atom. The van der Waals surface area contributed by atoms with Crippen LogP contribution in [0.5, 0.6) is 0 Å². The summed E-state index contributed by atoms with van der Waals surface area (Å²) >= 11 is 12.2. The van der Waals surface area contributed by atoms with E-state index in [0.717, 1.165) is 36.6 Å². The molecule has 1 atom stereocenters. The number of benzene rings is 2. The Morgan fingerprint density at radius 2 is 1.81 bits per heavy atom. The molecule has 7 heteroatoms. The van der Waals surface area contributed by atoms with Gasteiger partial charge in [-0.3, -0.25) is 4.90 Å². The SMILES string of the molecule is Clc1ccc(C2CCCN2CCCn2nnc(-c3ccccc3Cl)n2)cc1. The molecule has 0 radical (unpaired) electrons. The van der Waals surface area contributed by atoms with E-state index < -0.39 is 0 Å². The van der Waals surface area contributed by atoms with Crippen LogP contribution in [0.1, 0.15) is 30.9 Å². The van der Waals surface area contributed by atoms with Gasteiger partial charge in [0.2, 0.25) is 5.82 Å². The highest BCUT2D eigenvalue weighted by atomic mass is 35.5. The van der Waals surface area contributed by atoms with E-state index in [9.17, 15) is 0 Å². The zero-order valence-electron chi connectivity index (χ0n) is 14.9. The van der Waals surface area contributed by atoms with E-state index in [0.29, 0.717) is 16.9 Å². The van der Waals surface area contributed by atoms with E-state index in [4.69, 9.17) is 23.2 Å². The molecule has 0 N–H and O–H groups in total. The summed E-state index contributed by atoms with van der Waals surface area (Å²) in [5.41, 5.74) is 2.16. The minimum atomic E-state index is 0.477. The summed E-state index contributed by atoms with van der Waals surface area (Å²) in [7, 11) is 0. The molecule has 1 aliphatic heterocycles. The van der Waals surface area contributed by atoms with Crippen molar-refractivity contribution in [2.45, 2.75) is 31.8 Å². The van der Waals surface area contributed by atoms with Crippen LogP contribution >= 0.6 is 23.2 Å². The van der Waals surface area contributed by atoms with Crippen LogP contribution in [-0.4, -0.2) is 38.2 Å². The average Bonchev–Trinajstić information content (AvgIpc) is 3.33. The van der Waals surface area contributed by atoms with Gasteiger partial charge in [-0.1, -0.05) is 47.5 Å². The van der Waals surface area contributed by atoms with Crippen LogP contribution in [0.15, 0.2) is 48.5 Å². The van der Waals surface area contributed by atoms with Crippen molar-refractivity contribution >= 4 is 23.2 Å². The zero-order valence-corrected chi connectivity index (χ0v) is 16.4. The molecule has 2 aromatic carbocycles. The number of hydrogen-bond acceptors (Lipinski definition) is 4. The second-order valence-electron chi connectivity index (χ2n) is 6.79. The minimum Gasteiger partial charge on any atom is -0.296 e. The Labute approximate surface area is 168 Å². The molecule has 1 fully saturated rings. The molecule has 0 aliphatic carbocycles. The average molecular weight is 402 g/mol. The highest BCUT2D eigenvalue weighted by Crippen LogP contribution is 2.32. The van der Waals surface area contributed by atoms with Crippen molar-refractivity contribution in [3.05, 3.63) is 64.1 Å². The number of aryl methyl sites for hydroxylation is 1. The predicted molar refractivity (Wildman–Crippen MR) is 108 cm³/mol. The maximum Gasteiger partial charge on any atom is 0.206 e. The minimum absolute atomic E-state index is 0.477. The summed E-state index contributed by atoms with van der Waals surface area (Å²) in [6, 6.07) is 16.3. The fourth-order valence-electron chi connectivity index (χ4n) is 3.66. The monoisotopic (exact) mass is 401 g/mol. The molecule has 1 saturated heterocycles. The van der Waals surface area contributed by atoms with Crippen molar-refractivity contribution in [1.82, 2.24) is 25.1 Å². The van der Waals surface area contributed by atoms with Gasteiger partial charge in [-0.05, 0) is 60.8 Å². The first-order valence-electron chi connectivity index (χ1n) is 9.23. The number of hydrogen-bond donors (Lipinski definition) is 0.